The number of aromatic nitrogens is 4. The highest BCUT2D eigenvalue weighted by molar-refractivity contribution is 5.73. The van der Waals surface area contributed by atoms with Crippen molar-refractivity contribution in [3.8, 4) is 0 Å². The highest BCUT2D eigenvalue weighted by atomic mass is 16.1. The lowest BCUT2D eigenvalue weighted by molar-refractivity contribution is 0.335. The number of aromatic amines is 1. The predicted molar refractivity (Wildman–Crippen MR) is 89.5 cm³/mol. The van der Waals surface area contributed by atoms with Crippen LogP contribution < -0.4 is 5.56 Å². The van der Waals surface area contributed by atoms with E-state index in [4.69, 9.17) is 4.98 Å². The van der Waals surface area contributed by atoms with Crippen molar-refractivity contribution in [1.82, 2.24) is 19.7 Å². The minimum Gasteiger partial charge on any atom is -0.310 e. The monoisotopic (exact) mass is 308 g/mol. The molecule has 0 atom stereocenters. The van der Waals surface area contributed by atoms with Gasteiger partial charge in [0.15, 0.2) is 5.65 Å². The standard InChI is InChI=1S/C18H20N4O/c23-18-15-12-19-22(14-9-5-2-6-10-14)17(15)20-16(21-18)11-13-7-3-1-4-8-13/h1,3-4,7-8,12,14H,2,5-6,9-11H2,(H,20,21,23). The van der Waals surface area contributed by atoms with Gasteiger partial charge in [0.25, 0.3) is 5.56 Å². The molecule has 0 radical (unpaired) electrons. The second-order valence-corrected chi connectivity index (χ2v) is 6.29. The van der Waals surface area contributed by atoms with E-state index in [0.717, 1.165) is 24.1 Å². The van der Waals surface area contributed by atoms with Crippen LogP contribution in [0.15, 0.2) is 41.3 Å². The molecule has 0 amide bonds. The van der Waals surface area contributed by atoms with Crippen LogP contribution in [0.5, 0.6) is 0 Å². The lowest BCUT2D eigenvalue weighted by Crippen LogP contribution is -2.17. The Labute approximate surface area is 134 Å². The van der Waals surface area contributed by atoms with Crippen LogP contribution in [-0.4, -0.2) is 19.7 Å². The van der Waals surface area contributed by atoms with Gasteiger partial charge >= 0.3 is 0 Å². The smallest absolute Gasteiger partial charge is 0.262 e. The first-order chi connectivity index (χ1) is 11.3. The van der Waals surface area contributed by atoms with Crippen LogP contribution in [0.25, 0.3) is 11.0 Å². The maximum atomic E-state index is 12.3. The highest BCUT2D eigenvalue weighted by Crippen LogP contribution is 2.29. The molecule has 118 valence electrons. The summed E-state index contributed by atoms with van der Waals surface area (Å²) < 4.78 is 1.97. The van der Waals surface area contributed by atoms with E-state index in [1.54, 1.807) is 6.20 Å². The molecule has 0 spiro atoms. The van der Waals surface area contributed by atoms with Gasteiger partial charge in [0.2, 0.25) is 0 Å². The van der Waals surface area contributed by atoms with Gasteiger partial charge in [0.05, 0.1) is 12.2 Å². The quantitative estimate of drug-likeness (QED) is 0.808. The number of nitrogens with one attached hydrogen (secondary N) is 1. The van der Waals surface area contributed by atoms with Crippen molar-refractivity contribution in [3.63, 3.8) is 0 Å². The summed E-state index contributed by atoms with van der Waals surface area (Å²) in [5, 5.41) is 5.05. The minimum atomic E-state index is -0.0945. The van der Waals surface area contributed by atoms with E-state index in [0.29, 0.717) is 23.7 Å². The molecule has 5 nitrogen and oxygen atoms in total. The van der Waals surface area contributed by atoms with Crippen LogP contribution in [0.2, 0.25) is 0 Å². The van der Waals surface area contributed by atoms with Crippen molar-refractivity contribution in [2.24, 2.45) is 0 Å². The average Bonchev–Trinajstić information content (AvgIpc) is 3.01. The Morgan fingerprint density at radius 2 is 1.91 bits per heavy atom. The Bertz CT molecular complexity index is 860. The van der Waals surface area contributed by atoms with Gasteiger partial charge < -0.3 is 4.98 Å². The Balaban J connectivity index is 1.74. The van der Waals surface area contributed by atoms with E-state index >= 15 is 0 Å². The first kappa shape index (κ1) is 14.2. The van der Waals surface area contributed by atoms with E-state index in [9.17, 15) is 4.79 Å². The van der Waals surface area contributed by atoms with E-state index in [2.05, 4.69) is 10.1 Å². The van der Waals surface area contributed by atoms with Crippen molar-refractivity contribution in [2.75, 3.05) is 0 Å². The van der Waals surface area contributed by atoms with Crippen LogP contribution in [0, 0.1) is 0 Å². The summed E-state index contributed by atoms with van der Waals surface area (Å²) in [6, 6.07) is 10.4. The van der Waals surface area contributed by atoms with E-state index in [-0.39, 0.29) is 5.56 Å². The summed E-state index contributed by atoms with van der Waals surface area (Å²) in [6.07, 6.45) is 8.28. The second-order valence-electron chi connectivity index (χ2n) is 6.29. The van der Waals surface area contributed by atoms with Crippen molar-refractivity contribution in [2.45, 2.75) is 44.6 Å². The summed E-state index contributed by atoms with van der Waals surface area (Å²) in [5.74, 6) is 0.700. The van der Waals surface area contributed by atoms with Crippen LogP contribution >= 0.6 is 0 Å². The summed E-state index contributed by atoms with van der Waals surface area (Å²) in [6.45, 7) is 0. The molecule has 1 fully saturated rings. The summed E-state index contributed by atoms with van der Waals surface area (Å²) in [7, 11) is 0. The van der Waals surface area contributed by atoms with Crippen molar-refractivity contribution in [1.29, 1.82) is 0 Å². The fourth-order valence-electron chi connectivity index (χ4n) is 3.45. The minimum absolute atomic E-state index is 0.0945. The molecule has 1 aliphatic carbocycles. The number of H-pyrrole nitrogens is 1. The van der Waals surface area contributed by atoms with Crippen LogP contribution in [0.4, 0.5) is 0 Å². The zero-order valence-corrected chi connectivity index (χ0v) is 13.0. The van der Waals surface area contributed by atoms with Crippen molar-refractivity contribution >= 4 is 11.0 Å². The molecule has 1 aromatic carbocycles. The normalized spacial score (nSPS) is 16.0. The van der Waals surface area contributed by atoms with Crippen molar-refractivity contribution in [3.05, 3.63) is 58.3 Å². The van der Waals surface area contributed by atoms with Crippen LogP contribution in [0.3, 0.4) is 0 Å². The molecule has 5 heteroatoms. The summed E-state index contributed by atoms with van der Waals surface area (Å²) in [5.41, 5.74) is 1.77. The number of nitrogens with zero attached hydrogens (tertiary/aromatic N) is 3. The number of rotatable bonds is 3. The van der Waals surface area contributed by atoms with Gasteiger partial charge in [-0.3, -0.25) is 4.79 Å². The van der Waals surface area contributed by atoms with Crippen LogP contribution in [-0.2, 0) is 6.42 Å². The molecule has 23 heavy (non-hydrogen) atoms. The predicted octanol–water partition coefficient (Wildman–Crippen LogP) is 3.22. The molecule has 2 heterocycles. The fraction of sp³-hybridized carbons (Fsp3) is 0.389. The molecule has 0 saturated heterocycles. The number of hydrogen-bond acceptors (Lipinski definition) is 3. The maximum Gasteiger partial charge on any atom is 0.262 e. The maximum absolute atomic E-state index is 12.3. The van der Waals surface area contributed by atoms with Gasteiger partial charge in [0.1, 0.15) is 11.2 Å². The molecule has 1 saturated carbocycles. The fourth-order valence-corrected chi connectivity index (χ4v) is 3.45. The Kier molecular flexibility index (Phi) is 3.69. The number of hydrogen-bond donors (Lipinski definition) is 1. The molecule has 0 aliphatic heterocycles. The summed E-state index contributed by atoms with van der Waals surface area (Å²) in [4.78, 5) is 19.9. The van der Waals surface area contributed by atoms with Gasteiger partial charge in [-0.25, -0.2) is 9.67 Å². The number of fused-ring (bicyclic) bond motifs is 1. The first-order valence-corrected chi connectivity index (χ1v) is 8.31. The lowest BCUT2D eigenvalue weighted by atomic mass is 9.96. The van der Waals surface area contributed by atoms with Crippen LogP contribution in [0.1, 0.15) is 49.5 Å². The van der Waals surface area contributed by atoms with Gasteiger partial charge in [-0.2, -0.15) is 5.10 Å². The molecule has 3 aromatic rings. The SMILES string of the molecule is O=c1[nH]c(Cc2ccccc2)nc2c1cnn2C1CCCCC1. The molecule has 0 unspecified atom stereocenters. The van der Waals surface area contributed by atoms with E-state index < -0.39 is 0 Å². The third-order valence-corrected chi connectivity index (χ3v) is 4.65. The molecule has 2 aromatic heterocycles. The molecule has 4 rings (SSSR count). The molecular weight excluding hydrogens is 288 g/mol. The van der Waals surface area contributed by atoms with Gasteiger partial charge in [-0.15, -0.1) is 0 Å². The zero-order chi connectivity index (χ0) is 15.6. The van der Waals surface area contributed by atoms with Gasteiger partial charge in [0, 0.05) is 6.42 Å². The van der Waals surface area contributed by atoms with Crippen molar-refractivity contribution < 1.29 is 0 Å². The first-order valence-electron chi connectivity index (χ1n) is 8.31. The Morgan fingerprint density at radius 3 is 2.70 bits per heavy atom. The molecular formula is C18H20N4O. The van der Waals surface area contributed by atoms with E-state index in [1.807, 2.05) is 35.0 Å². The lowest BCUT2D eigenvalue weighted by Gasteiger charge is -2.22. The topological polar surface area (TPSA) is 63.6 Å². The molecule has 0 bridgehead atoms. The largest absolute Gasteiger partial charge is 0.310 e. The number of benzene rings is 1. The zero-order valence-electron chi connectivity index (χ0n) is 13.0. The second kappa shape index (κ2) is 5.99. The van der Waals surface area contributed by atoms with Gasteiger partial charge in [-0.1, -0.05) is 49.6 Å². The Morgan fingerprint density at radius 1 is 1.13 bits per heavy atom. The summed E-state index contributed by atoms with van der Waals surface area (Å²) >= 11 is 0. The Hall–Kier alpha value is -2.43. The third-order valence-electron chi connectivity index (χ3n) is 4.65. The average molecular weight is 308 g/mol. The van der Waals surface area contributed by atoms with E-state index in [1.165, 1.54) is 19.3 Å². The molecule has 1 N–H and O–H groups in total. The highest BCUT2D eigenvalue weighted by Gasteiger charge is 2.20. The molecule has 1 aliphatic rings. The van der Waals surface area contributed by atoms with Gasteiger partial charge in [-0.05, 0) is 18.4 Å². The third kappa shape index (κ3) is 2.79.